The Morgan fingerprint density at radius 1 is 1.14 bits per heavy atom. The average Bonchev–Trinajstić information content (AvgIpc) is 2.69. The van der Waals surface area contributed by atoms with Crippen molar-refractivity contribution in [2.45, 2.75) is 52.5 Å². The van der Waals surface area contributed by atoms with E-state index < -0.39 is 0 Å². The quantitative estimate of drug-likeness (QED) is 0.799. The second-order valence-electron chi connectivity index (χ2n) is 7.30. The predicted molar refractivity (Wildman–Crippen MR) is 107 cm³/mol. The van der Waals surface area contributed by atoms with Crippen LogP contribution in [0, 0.1) is 13.8 Å². The van der Waals surface area contributed by atoms with Crippen LogP contribution in [0.1, 0.15) is 54.4 Å². The van der Waals surface area contributed by atoms with E-state index in [9.17, 15) is 9.59 Å². The molecule has 1 aromatic heterocycles. The maximum atomic E-state index is 12.9. The fraction of sp³-hybridized carbons (Fsp3) is 0.524. The van der Waals surface area contributed by atoms with Gasteiger partial charge in [0.05, 0.1) is 29.0 Å². The van der Waals surface area contributed by atoms with E-state index in [0.717, 1.165) is 48.1 Å². The zero-order chi connectivity index (χ0) is 20.1. The number of rotatable bonds is 5. The average molecular weight is 384 g/mol. The van der Waals surface area contributed by atoms with Gasteiger partial charge in [-0.2, -0.15) is 0 Å². The fourth-order valence-corrected chi connectivity index (χ4v) is 3.29. The van der Waals surface area contributed by atoms with Crippen LogP contribution in [-0.4, -0.2) is 52.6 Å². The van der Waals surface area contributed by atoms with Crippen LogP contribution in [-0.2, 0) is 4.74 Å². The van der Waals surface area contributed by atoms with Crippen LogP contribution >= 0.6 is 0 Å². The largest absolute Gasteiger partial charge is 0.450 e. The first-order valence-corrected chi connectivity index (χ1v) is 9.95. The molecule has 1 fully saturated rings. The monoisotopic (exact) mass is 384 g/mol. The first-order valence-electron chi connectivity index (χ1n) is 9.95. The number of ether oxygens (including phenoxy) is 1. The number of hydrogen-bond donors (Lipinski definition) is 1. The van der Waals surface area contributed by atoms with E-state index in [1.807, 2.05) is 36.9 Å². The summed E-state index contributed by atoms with van der Waals surface area (Å²) < 4.78 is 5.14. The number of fused-ring (bicyclic) bond motifs is 1. The van der Waals surface area contributed by atoms with Gasteiger partial charge >= 0.3 is 6.09 Å². The Morgan fingerprint density at radius 2 is 1.82 bits per heavy atom. The molecule has 3 rings (SSSR count). The SMILES string of the molecule is CCCCOC(=O)NC1CCN(C(=O)c2ccc3nc(C)c(C)nc3c2)CC1. The van der Waals surface area contributed by atoms with Gasteiger partial charge in [-0.3, -0.25) is 4.79 Å². The number of carbonyl (C=O) groups excluding carboxylic acids is 2. The number of piperidine rings is 1. The van der Waals surface area contributed by atoms with Crippen molar-refractivity contribution in [3.05, 3.63) is 35.2 Å². The van der Waals surface area contributed by atoms with Gasteiger partial charge in [0.15, 0.2) is 0 Å². The molecule has 7 heteroatoms. The zero-order valence-electron chi connectivity index (χ0n) is 16.8. The molecular formula is C21H28N4O3. The number of nitrogens with one attached hydrogen (secondary N) is 1. The van der Waals surface area contributed by atoms with E-state index in [1.165, 1.54) is 0 Å². The van der Waals surface area contributed by atoms with Crippen molar-refractivity contribution in [3.8, 4) is 0 Å². The number of hydrogen-bond acceptors (Lipinski definition) is 5. The van der Waals surface area contributed by atoms with Crippen molar-refractivity contribution in [1.29, 1.82) is 0 Å². The lowest BCUT2D eigenvalue weighted by Crippen LogP contribution is -2.46. The van der Waals surface area contributed by atoms with Gasteiger partial charge in [-0.1, -0.05) is 13.3 Å². The van der Waals surface area contributed by atoms with Crippen molar-refractivity contribution >= 4 is 23.0 Å². The highest BCUT2D eigenvalue weighted by atomic mass is 16.5. The molecule has 28 heavy (non-hydrogen) atoms. The normalized spacial score (nSPS) is 14.9. The number of carbonyl (C=O) groups is 2. The molecule has 1 aliphatic heterocycles. The summed E-state index contributed by atoms with van der Waals surface area (Å²) in [6, 6.07) is 5.52. The second-order valence-corrected chi connectivity index (χ2v) is 7.30. The molecule has 0 bridgehead atoms. The number of amides is 2. The molecule has 1 aliphatic rings. The minimum atomic E-state index is -0.364. The van der Waals surface area contributed by atoms with E-state index in [0.29, 0.717) is 25.3 Å². The molecule has 1 aromatic carbocycles. The van der Waals surface area contributed by atoms with E-state index in [4.69, 9.17) is 4.74 Å². The number of benzene rings is 1. The molecule has 7 nitrogen and oxygen atoms in total. The van der Waals surface area contributed by atoms with E-state index in [-0.39, 0.29) is 18.0 Å². The number of unbranched alkanes of at least 4 members (excludes halogenated alkanes) is 1. The minimum Gasteiger partial charge on any atom is -0.450 e. The number of likely N-dealkylation sites (tertiary alicyclic amines) is 1. The molecule has 2 amide bonds. The fourth-order valence-electron chi connectivity index (χ4n) is 3.29. The maximum Gasteiger partial charge on any atom is 0.407 e. The molecule has 0 spiro atoms. The van der Waals surface area contributed by atoms with Gasteiger partial charge in [-0.25, -0.2) is 14.8 Å². The Kier molecular flexibility index (Phi) is 6.44. The van der Waals surface area contributed by atoms with Gasteiger partial charge in [-0.05, 0) is 51.3 Å². The summed E-state index contributed by atoms with van der Waals surface area (Å²) >= 11 is 0. The first-order chi connectivity index (χ1) is 13.5. The molecule has 0 atom stereocenters. The number of aryl methyl sites for hydroxylation is 2. The van der Waals surface area contributed by atoms with Gasteiger partial charge in [0.1, 0.15) is 0 Å². The van der Waals surface area contributed by atoms with Crippen molar-refractivity contribution < 1.29 is 14.3 Å². The zero-order valence-corrected chi connectivity index (χ0v) is 16.8. The Labute approximate surface area is 165 Å². The Bertz CT molecular complexity index is 860. The lowest BCUT2D eigenvalue weighted by atomic mass is 10.0. The Balaban J connectivity index is 1.57. The molecule has 2 aromatic rings. The van der Waals surface area contributed by atoms with Crippen LogP contribution in [0.2, 0.25) is 0 Å². The standard InChI is InChI=1S/C21H28N4O3/c1-4-5-12-28-21(27)24-17-8-10-25(11-9-17)20(26)16-6-7-18-19(13-16)23-15(3)14(2)22-18/h6-7,13,17H,4-5,8-12H2,1-3H3,(H,24,27). The highest BCUT2D eigenvalue weighted by Crippen LogP contribution is 2.18. The van der Waals surface area contributed by atoms with Crippen LogP contribution in [0.25, 0.3) is 11.0 Å². The predicted octanol–water partition coefficient (Wildman–Crippen LogP) is 3.38. The summed E-state index contributed by atoms with van der Waals surface area (Å²) in [6.45, 7) is 7.56. The van der Waals surface area contributed by atoms with Gasteiger partial charge in [0.25, 0.3) is 5.91 Å². The van der Waals surface area contributed by atoms with Crippen molar-refractivity contribution in [2.24, 2.45) is 0 Å². The molecule has 2 heterocycles. The van der Waals surface area contributed by atoms with E-state index >= 15 is 0 Å². The summed E-state index contributed by atoms with van der Waals surface area (Å²) in [7, 11) is 0. The van der Waals surface area contributed by atoms with Gasteiger partial charge in [-0.15, -0.1) is 0 Å². The molecule has 1 saturated heterocycles. The van der Waals surface area contributed by atoms with Gasteiger partial charge < -0.3 is 15.0 Å². The Morgan fingerprint density at radius 3 is 2.50 bits per heavy atom. The summed E-state index contributed by atoms with van der Waals surface area (Å²) in [6.07, 6.45) is 2.95. The molecule has 0 unspecified atom stereocenters. The van der Waals surface area contributed by atoms with Gasteiger partial charge in [0, 0.05) is 24.7 Å². The van der Waals surface area contributed by atoms with Crippen LogP contribution < -0.4 is 5.32 Å². The van der Waals surface area contributed by atoms with Crippen LogP contribution in [0.5, 0.6) is 0 Å². The third-order valence-corrected chi connectivity index (χ3v) is 5.16. The highest BCUT2D eigenvalue weighted by Gasteiger charge is 2.25. The number of alkyl carbamates (subject to hydrolysis) is 1. The lowest BCUT2D eigenvalue weighted by Gasteiger charge is -2.32. The smallest absolute Gasteiger partial charge is 0.407 e. The van der Waals surface area contributed by atoms with Crippen LogP contribution in [0.15, 0.2) is 18.2 Å². The van der Waals surface area contributed by atoms with E-state index in [1.54, 1.807) is 0 Å². The van der Waals surface area contributed by atoms with Gasteiger partial charge in [0.2, 0.25) is 0 Å². The van der Waals surface area contributed by atoms with Crippen LogP contribution in [0.4, 0.5) is 4.79 Å². The topological polar surface area (TPSA) is 84.4 Å². The number of aromatic nitrogens is 2. The molecule has 0 aliphatic carbocycles. The van der Waals surface area contributed by atoms with Crippen LogP contribution in [0.3, 0.4) is 0 Å². The molecular weight excluding hydrogens is 356 g/mol. The second kappa shape index (κ2) is 8.99. The summed E-state index contributed by atoms with van der Waals surface area (Å²) in [5.74, 6) is -0.00843. The van der Waals surface area contributed by atoms with Crippen molar-refractivity contribution in [1.82, 2.24) is 20.2 Å². The summed E-state index contributed by atoms with van der Waals surface area (Å²) in [5, 5.41) is 2.90. The highest BCUT2D eigenvalue weighted by molar-refractivity contribution is 5.97. The molecule has 150 valence electrons. The lowest BCUT2D eigenvalue weighted by molar-refractivity contribution is 0.0702. The molecule has 0 radical (unpaired) electrons. The first kappa shape index (κ1) is 20.0. The van der Waals surface area contributed by atoms with E-state index in [2.05, 4.69) is 22.2 Å². The summed E-state index contributed by atoms with van der Waals surface area (Å²) in [4.78, 5) is 35.5. The molecule has 0 saturated carbocycles. The minimum absolute atomic E-state index is 0.00843. The molecule has 1 N–H and O–H groups in total. The van der Waals surface area contributed by atoms with Crippen molar-refractivity contribution in [3.63, 3.8) is 0 Å². The third kappa shape index (κ3) is 4.77. The summed E-state index contributed by atoms with van der Waals surface area (Å²) in [5.41, 5.74) is 3.92. The van der Waals surface area contributed by atoms with Crippen molar-refractivity contribution in [2.75, 3.05) is 19.7 Å². The Hall–Kier alpha value is -2.70. The number of nitrogens with zero attached hydrogens (tertiary/aromatic N) is 3. The maximum absolute atomic E-state index is 12.9. The third-order valence-electron chi connectivity index (χ3n) is 5.16.